The molecule has 1 aromatic heterocycles. The van der Waals surface area contributed by atoms with Crippen molar-refractivity contribution < 1.29 is 4.39 Å². The van der Waals surface area contributed by atoms with Crippen molar-refractivity contribution in [2.75, 3.05) is 0 Å². The Morgan fingerprint density at radius 3 is 2.94 bits per heavy atom. The fourth-order valence-electron chi connectivity index (χ4n) is 1.21. The minimum Gasteiger partial charge on any atom is -0.384 e. The summed E-state index contributed by atoms with van der Waals surface area (Å²) < 4.78 is 13.0. The van der Waals surface area contributed by atoms with Crippen LogP contribution in [0, 0.1) is 11.2 Å². The third-order valence-electron chi connectivity index (χ3n) is 1.91. The second kappa shape index (κ2) is 4.36. The van der Waals surface area contributed by atoms with Gasteiger partial charge < -0.3 is 10.7 Å². The quantitative estimate of drug-likeness (QED) is 0.563. The zero-order valence-corrected chi connectivity index (χ0v) is 9.01. The zero-order valence-electron chi connectivity index (χ0n) is 8.20. The summed E-state index contributed by atoms with van der Waals surface area (Å²) in [5, 5.41) is 8.04. The molecule has 0 aliphatic heterocycles. The van der Waals surface area contributed by atoms with Gasteiger partial charge in [0.25, 0.3) is 0 Å². The highest BCUT2D eigenvalue weighted by Crippen LogP contribution is 2.28. The minimum absolute atomic E-state index is 0.159. The molecule has 0 unspecified atom stereocenters. The number of nitrogen functional groups attached to an aromatic ring is 1. The molecule has 16 heavy (non-hydrogen) atoms. The van der Waals surface area contributed by atoms with Gasteiger partial charge in [0, 0.05) is 22.9 Å². The summed E-state index contributed by atoms with van der Waals surface area (Å²) in [5.41, 5.74) is 5.76. The number of aromatic amines is 1. The maximum atomic E-state index is 13.0. The first-order chi connectivity index (χ1) is 7.66. The Morgan fingerprint density at radius 2 is 2.31 bits per heavy atom. The van der Waals surface area contributed by atoms with Crippen molar-refractivity contribution in [3.63, 3.8) is 0 Å². The maximum Gasteiger partial charge on any atom is 0.170 e. The van der Waals surface area contributed by atoms with E-state index in [4.69, 9.17) is 11.1 Å². The van der Waals surface area contributed by atoms with Crippen LogP contribution in [0.5, 0.6) is 0 Å². The van der Waals surface area contributed by atoms with Crippen molar-refractivity contribution in [2.24, 2.45) is 5.73 Å². The number of rotatable bonds is 3. The highest BCUT2D eigenvalue weighted by molar-refractivity contribution is 7.99. The maximum absolute atomic E-state index is 13.0. The lowest BCUT2D eigenvalue weighted by atomic mass is 10.2. The lowest BCUT2D eigenvalue weighted by Gasteiger charge is -2.05. The van der Waals surface area contributed by atoms with E-state index in [0.29, 0.717) is 15.6 Å². The molecule has 0 aliphatic carbocycles. The molecule has 82 valence electrons. The number of nitrogens with one attached hydrogen (secondary N) is 2. The molecular weight excluding hydrogens is 227 g/mol. The van der Waals surface area contributed by atoms with Crippen LogP contribution in [0.2, 0.25) is 0 Å². The predicted octanol–water partition coefficient (Wildman–Crippen LogP) is 1.98. The fraction of sp³-hybridized carbons (Fsp3) is 0. The number of amidine groups is 1. The lowest BCUT2D eigenvalue weighted by molar-refractivity contribution is 0.626. The summed E-state index contributed by atoms with van der Waals surface area (Å²) in [6.07, 6.45) is 3.32. The van der Waals surface area contributed by atoms with E-state index in [1.165, 1.54) is 23.9 Å². The molecule has 6 heteroatoms. The smallest absolute Gasteiger partial charge is 0.170 e. The summed E-state index contributed by atoms with van der Waals surface area (Å²) in [6, 6.07) is 4.16. The molecule has 1 aromatic carbocycles. The lowest BCUT2D eigenvalue weighted by Crippen LogP contribution is -2.12. The molecule has 2 rings (SSSR count). The Bertz CT molecular complexity index is 510. The Labute approximate surface area is 95.6 Å². The first kappa shape index (κ1) is 10.7. The van der Waals surface area contributed by atoms with Crippen LogP contribution in [0.25, 0.3) is 0 Å². The van der Waals surface area contributed by atoms with E-state index in [2.05, 4.69) is 9.97 Å². The van der Waals surface area contributed by atoms with Gasteiger partial charge in [-0.05, 0) is 18.2 Å². The molecule has 0 saturated carbocycles. The topological polar surface area (TPSA) is 78.6 Å². The van der Waals surface area contributed by atoms with Gasteiger partial charge in [-0.1, -0.05) is 11.8 Å². The Kier molecular flexibility index (Phi) is 2.91. The second-order valence-electron chi connectivity index (χ2n) is 3.05. The molecule has 0 bridgehead atoms. The van der Waals surface area contributed by atoms with Crippen LogP contribution in [0.4, 0.5) is 4.39 Å². The SMILES string of the molecule is N=C(N)c1cc(F)ccc1Sc1ncc[nH]1. The number of nitrogens with two attached hydrogens (primary N) is 1. The summed E-state index contributed by atoms with van der Waals surface area (Å²) in [6.45, 7) is 0. The number of imidazole rings is 1. The third-order valence-corrected chi connectivity index (χ3v) is 2.90. The Balaban J connectivity index is 2.36. The molecule has 4 N–H and O–H groups in total. The van der Waals surface area contributed by atoms with Crippen molar-refractivity contribution in [1.82, 2.24) is 9.97 Å². The van der Waals surface area contributed by atoms with E-state index in [1.54, 1.807) is 18.5 Å². The number of H-pyrrole nitrogens is 1. The van der Waals surface area contributed by atoms with Gasteiger partial charge in [-0.15, -0.1) is 0 Å². The van der Waals surface area contributed by atoms with Crippen LogP contribution in [0.1, 0.15) is 5.56 Å². The van der Waals surface area contributed by atoms with Gasteiger partial charge in [0.15, 0.2) is 5.16 Å². The number of halogens is 1. The van der Waals surface area contributed by atoms with E-state index in [0.717, 1.165) is 0 Å². The van der Waals surface area contributed by atoms with E-state index >= 15 is 0 Å². The molecule has 0 fully saturated rings. The number of benzene rings is 1. The van der Waals surface area contributed by atoms with Crippen LogP contribution in [-0.2, 0) is 0 Å². The van der Waals surface area contributed by atoms with Crippen LogP contribution in [0.15, 0.2) is 40.6 Å². The molecule has 4 nitrogen and oxygen atoms in total. The second-order valence-corrected chi connectivity index (χ2v) is 4.08. The molecule has 0 radical (unpaired) electrons. The largest absolute Gasteiger partial charge is 0.384 e. The highest BCUT2D eigenvalue weighted by atomic mass is 32.2. The van der Waals surface area contributed by atoms with Crippen LogP contribution >= 0.6 is 11.8 Å². The van der Waals surface area contributed by atoms with E-state index in [9.17, 15) is 4.39 Å². The van der Waals surface area contributed by atoms with E-state index in [-0.39, 0.29) is 5.84 Å². The van der Waals surface area contributed by atoms with Crippen LogP contribution in [0.3, 0.4) is 0 Å². The molecule has 0 saturated heterocycles. The summed E-state index contributed by atoms with van der Waals surface area (Å²) in [4.78, 5) is 7.65. The molecule has 2 aromatic rings. The van der Waals surface area contributed by atoms with E-state index in [1.807, 2.05) is 0 Å². The Morgan fingerprint density at radius 1 is 1.50 bits per heavy atom. The molecule has 0 aliphatic rings. The van der Waals surface area contributed by atoms with Crippen molar-refractivity contribution in [2.45, 2.75) is 10.1 Å². The first-order valence-electron chi connectivity index (χ1n) is 4.48. The van der Waals surface area contributed by atoms with Crippen LogP contribution < -0.4 is 5.73 Å². The number of hydrogen-bond acceptors (Lipinski definition) is 3. The van der Waals surface area contributed by atoms with Crippen molar-refractivity contribution in [3.05, 3.63) is 42.0 Å². The third kappa shape index (κ3) is 2.22. The highest BCUT2D eigenvalue weighted by Gasteiger charge is 2.09. The molecule has 0 atom stereocenters. The van der Waals surface area contributed by atoms with Crippen molar-refractivity contribution >= 4 is 17.6 Å². The number of hydrogen-bond donors (Lipinski definition) is 3. The van der Waals surface area contributed by atoms with Gasteiger partial charge in [0.2, 0.25) is 0 Å². The molecule has 0 amide bonds. The van der Waals surface area contributed by atoms with E-state index < -0.39 is 5.82 Å². The number of aromatic nitrogens is 2. The standard InChI is InChI=1S/C10H9FN4S/c11-6-1-2-8(7(5-6)9(12)13)16-10-14-3-4-15-10/h1-5H,(H3,12,13)(H,14,15). The average molecular weight is 236 g/mol. The van der Waals surface area contributed by atoms with Gasteiger partial charge in [-0.2, -0.15) is 0 Å². The zero-order chi connectivity index (χ0) is 11.5. The molecular formula is C10H9FN4S. The van der Waals surface area contributed by atoms with Gasteiger partial charge in [-0.3, -0.25) is 5.41 Å². The molecule has 1 heterocycles. The predicted molar refractivity (Wildman–Crippen MR) is 60.1 cm³/mol. The van der Waals surface area contributed by atoms with Gasteiger partial charge in [0.1, 0.15) is 11.7 Å². The van der Waals surface area contributed by atoms with Gasteiger partial charge in [0.05, 0.1) is 0 Å². The molecule has 0 spiro atoms. The normalized spacial score (nSPS) is 10.3. The van der Waals surface area contributed by atoms with Gasteiger partial charge >= 0.3 is 0 Å². The minimum atomic E-state index is -0.408. The summed E-state index contributed by atoms with van der Waals surface area (Å²) in [5.74, 6) is -0.567. The average Bonchev–Trinajstić information content (AvgIpc) is 2.73. The van der Waals surface area contributed by atoms with Gasteiger partial charge in [-0.25, -0.2) is 9.37 Å². The summed E-state index contributed by atoms with van der Waals surface area (Å²) in [7, 11) is 0. The van der Waals surface area contributed by atoms with Crippen LogP contribution in [-0.4, -0.2) is 15.8 Å². The Hall–Kier alpha value is -1.82. The van der Waals surface area contributed by atoms with Crippen molar-refractivity contribution in [1.29, 1.82) is 5.41 Å². The fourth-order valence-corrected chi connectivity index (χ4v) is 2.08. The summed E-state index contributed by atoms with van der Waals surface area (Å²) >= 11 is 1.30. The van der Waals surface area contributed by atoms with Crippen molar-refractivity contribution in [3.8, 4) is 0 Å². The first-order valence-corrected chi connectivity index (χ1v) is 5.29. The monoisotopic (exact) mass is 236 g/mol. The number of nitrogens with zero attached hydrogens (tertiary/aromatic N) is 1.